The zero-order valence-electron chi connectivity index (χ0n) is 17.7. The van der Waals surface area contributed by atoms with E-state index in [1.165, 1.54) is 0 Å². The van der Waals surface area contributed by atoms with Crippen LogP contribution in [-0.2, 0) is 23.0 Å². The predicted molar refractivity (Wildman–Crippen MR) is 116 cm³/mol. The fourth-order valence-electron chi connectivity index (χ4n) is 4.50. The van der Waals surface area contributed by atoms with Crippen LogP contribution in [0.1, 0.15) is 47.4 Å². The first kappa shape index (κ1) is 20.1. The van der Waals surface area contributed by atoms with Gasteiger partial charge in [-0.1, -0.05) is 19.9 Å². The van der Waals surface area contributed by atoms with E-state index in [9.17, 15) is 13.2 Å². The number of rotatable bonds is 4. The van der Waals surface area contributed by atoms with Gasteiger partial charge in [0.05, 0.1) is 4.90 Å². The first-order valence-electron chi connectivity index (χ1n) is 10.2. The van der Waals surface area contributed by atoms with Crippen LogP contribution >= 0.6 is 0 Å². The second kappa shape index (κ2) is 6.83. The standard InChI is InChI=1S/C23H24N2O5S/c1-13-6-15-16(25-17-9-23(2,3)10-18(26)22(15)17)8-21(13)31(27,28)24-11-14-4-5-19-20(7-14)30-12-29-19/h4-8,24-25H,9-12H2,1-3H3. The fraction of sp³-hybridized carbons (Fsp3) is 0.348. The number of aromatic amines is 1. The molecule has 31 heavy (non-hydrogen) atoms. The number of sulfonamides is 1. The summed E-state index contributed by atoms with van der Waals surface area (Å²) in [5.41, 5.74) is 3.53. The maximum atomic E-state index is 13.1. The van der Waals surface area contributed by atoms with E-state index in [0.717, 1.165) is 23.1 Å². The molecular formula is C23H24N2O5S. The third kappa shape index (κ3) is 3.49. The van der Waals surface area contributed by atoms with Crippen molar-refractivity contribution in [3.8, 4) is 11.5 Å². The lowest BCUT2D eigenvalue weighted by Gasteiger charge is -2.28. The van der Waals surface area contributed by atoms with Crippen molar-refractivity contribution in [3.63, 3.8) is 0 Å². The molecular weight excluding hydrogens is 416 g/mol. The number of Topliss-reactive ketones (excluding diaryl/α,β-unsaturated/α-hetero) is 1. The Morgan fingerprint density at radius 1 is 1.10 bits per heavy atom. The van der Waals surface area contributed by atoms with Gasteiger partial charge < -0.3 is 14.5 Å². The summed E-state index contributed by atoms with van der Waals surface area (Å²) in [6.45, 7) is 6.19. The van der Waals surface area contributed by atoms with Gasteiger partial charge in [0.1, 0.15) is 0 Å². The Bertz CT molecular complexity index is 1340. The number of carbonyl (C=O) groups is 1. The Labute approximate surface area is 180 Å². The van der Waals surface area contributed by atoms with Crippen molar-refractivity contribution >= 4 is 26.7 Å². The highest BCUT2D eigenvalue weighted by molar-refractivity contribution is 7.89. The van der Waals surface area contributed by atoms with E-state index in [1.807, 2.05) is 0 Å². The molecule has 2 aliphatic rings. The Balaban J connectivity index is 1.46. The first-order valence-corrected chi connectivity index (χ1v) is 11.7. The summed E-state index contributed by atoms with van der Waals surface area (Å²) in [5, 5.41) is 0.794. The highest BCUT2D eigenvalue weighted by Gasteiger charge is 2.34. The molecule has 1 aromatic heterocycles. The minimum absolute atomic E-state index is 0.105. The van der Waals surface area contributed by atoms with Crippen LogP contribution in [0, 0.1) is 12.3 Å². The van der Waals surface area contributed by atoms with E-state index < -0.39 is 10.0 Å². The first-order chi connectivity index (χ1) is 14.6. The van der Waals surface area contributed by atoms with Crippen LogP contribution in [0.25, 0.3) is 10.9 Å². The lowest BCUT2D eigenvalue weighted by atomic mass is 9.76. The van der Waals surface area contributed by atoms with E-state index in [0.29, 0.717) is 34.6 Å². The Morgan fingerprint density at radius 3 is 2.68 bits per heavy atom. The fourth-order valence-corrected chi connectivity index (χ4v) is 5.77. The number of hydrogen-bond acceptors (Lipinski definition) is 5. The van der Waals surface area contributed by atoms with E-state index in [-0.39, 0.29) is 29.4 Å². The average Bonchev–Trinajstić information content (AvgIpc) is 3.28. The van der Waals surface area contributed by atoms with E-state index in [2.05, 4.69) is 23.6 Å². The van der Waals surface area contributed by atoms with Crippen LogP contribution in [-0.4, -0.2) is 26.0 Å². The number of hydrogen-bond donors (Lipinski definition) is 2. The number of ketones is 1. The lowest BCUT2D eigenvalue weighted by Crippen LogP contribution is -2.26. The van der Waals surface area contributed by atoms with Gasteiger partial charge in [0.2, 0.25) is 16.8 Å². The third-order valence-corrected chi connectivity index (χ3v) is 7.48. The van der Waals surface area contributed by atoms with Gasteiger partial charge in [0.15, 0.2) is 17.3 Å². The minimum Gasteiger partial charge on any atom is -0.454 e. The van der Waals surface area contributed by atoms with Gasteiger partial charge in [0, 0.05) is 35.1 Å². The number of benzene rings is 2. The van der Waals surface area contributed by atoms with Gasteiger partial charge in [-0.3, -0.25) is 4.79 Å². The molecule has 2 N–H and O–H groups in total. The van der Waals surface area contributed by atoms with E-state index in [1.54, 1.807) is 37.3 Å². The monoisotopic (exact) mass is 440 g/mol. The van der Waals surface area contributed by atoms with Crippen LogP contribution in [0.15, 0.2) is 35.2 Å². The second-order valence-electron chi connectivity index (χ2n) is 9.09. The molecule has 2 aromatic carbocycles. The summed E-state index contributed by atoms with van der Waals surface area (Å²) in [5.74, 6) is 1.37. The van der Waals surface area contributed by atoms with Gasteiger partial charge in [0.25, 0.3) is 0 Å². The SMILES string of the molecule is Cc1cc2c3c([nH]c2cc1S(=O)(=O)NCc1ccc2c(c1)OCO2)CC(C)(C)CC3=O. The molecule has 162 valence electrons. The van der Waals surface area contributed by atoms with Gasteiger partial charge >= 0.3 is 0 Å². The van der Waals surface area contributed by atoms with Crippen molar-refractivity contribution in [1.29, 1.82) is 0 Å². The number of ether oxygens (including phenoxy) is 2. The van der Waals surface area contributed by atoms with Crippen molar-refractivity contribution in [2.24, 2.45) is 5.41 Å². The van der Waals surface area contributed by atoms with Crippen LogP contribution in [0.2, 0.25) is 0 Å². The second-order valence-corrected chi connectivity index (χ2v) is 10.8. The summed E-state index contributed by atoms with van der Waals surface area (Å²) in [4.78, 5) is 16.2. The third-order valence-electron chi connectivity index (χ3n) is 5.94. The number of nitrogens with one attached hydrogen (secondary N) is 2. The smallest absolute Gasteiger partial charge is 0.241 e. The van der Waals surface area contributed by atoms with Crippen LogP contribution in [0.4, 0.5) is 0 Å². The maximum Gasteiger partial charge on any atom is 0.241 e. The predicted octanol–water partition coefficient (Wildman–Crippen LogP) is 3.84. The maximum absolute atomic E-state index is 13.1. The number of H-pyrrole nitrogens is 1. The molecule has 0 amide bonds. The van der Waals surface area contributed by atoms with Crippen molar-refractivity contribution in [1.82, 2.24) is 9.71 Å². The molecule has 0 radical (unpaired) electrons. The molecule has 0 fully saturated rings. The van der Waals surface area contributed by atoms with Crippen molar-refractivity contribution in [3.05, 3.63) is 52.7 Å². The van der Waals surface area contributed by atoms with Gasteiger partial charge in [-0.2, -0.15) is 0 Å². The number of aromatic nitrogens is 1. The largest absolute Gasteiger partial charge is 0.454 e. The minimum atomic E-state index is -3.76. The van der Waals surface area contributed by atoms with E-state index >= 15 is 0 Å². The Kier molecular flexibility index (Phi) is 4.43. The van der Waals surface area contributed by atoms with Crippen LogP contribution in [0.5, 0.6) is 11.5 Å². The molecule has 3 aromatic rings. The van der Waals surface area contributed by atoms with Crippen LogP contribution < -0.4 is 14.2 Å². The molecule has 0 atom stereocenters. The molecule has 0 saturated heterocycles. The van der Waals surface area contributed by atoms with Crippen molar-refractivity contribution < 1.29 is 22.7 Å². The lowest BCUT2D eigenvalue weighted by molar-refractivity contribution is 0.0913. The summed E-state index contributed by atoms with van der Waals surface area (Å²) >= 11 is 0. The zero-order chi connectivity index (χ0) is 22.0. The zero-order valence-corrected chi connectivity index (χ0v) is 18.5. The molecule has 7 nitrogen and oxygen atoms in total. The van der Waals surface area contributed by atoms with Gasteiger partial charge in [-0.15, -0.1) is 0 Å². The molecule has 0 spiro atoms. The van der Waals surface area contributed by atoms with Crippen LogP contribution in [0.3, 0.4) is 0 Å². The molecule has 1 aliphatic carbocycles. The highest BCUT2D eigenvalue weighted by atomic mass is 32.2. The molecule has 0 unspecified atom stereocenters. The van der Waals surface area contributed by atoms with Gasteiger partial charge in [-0.05, 0) is 54.2 Å². The Morgan fingerprint density at radius 2 is 1.87 bits per heavy atom. The van der Waals surface area contributed by atoms with E-state index in [4.69, 9.17) is 9.47 Å². The molecule has 0 saturated carbocycles. The number of carbonyl (C=O) groups excluding carboxylic acids is 1. The normalized spacial score (nSPS) is 17.2. The molecule has 0 bridgehead atoms. The molecule has 8 heteroatoms. The number of aryl methyl sites for hydroxylation is 1. The van der Waals surface area contributed by atoms with Crippen molar-refractivity contribution in [2.45, 2.75) is 45.1 Å². The van der Waals surface area contributed by atoms with Gasteiger partial charge in [-0.25, -0.2) is 13.1 Å². The summed E-state index contributed by atoms with van der Waals surface area (Å²) in [7, 11) is -3.76. The molecule has 1 aliphatic heterocycles. The van der Waals surface area contributed by atoms with Crippen molar-refractivity contribution in [2.75, 3.05) is 6.79 Å². The quantitative estimate of drug-likeness (QED) is 0.642. The summed E-state index contributed by atoms with van der Waals surface area (Å²) in [6, 6.07) is 8.78. The topological polar surface area (TPSA) is 97.5 Å². The Hall–Kier alpha value is -2.84. The summed E-state index contributed by atoms with van der Waals surface area (Å²) in [6.07, 6.45) is 1.25. The summed E-state index contributed by atoms with van der Waals surface area (Å²) < 4.78 is 39.4. The average molecular weight is 441 g/mol. The molecule has 5 rings (SSSR count). The highest BCUT2D eigenvalue weighted by Crippen LogP contribution is 2.39. The molecule has 2 heterocycles. The number of fused-ring (bicyclic) bond motifs is 4.